The fraction of sp³-hybridized carbons (Fsp3) is 0.200. The molecular weight excluding hydrogens is 212 g/mol. The van der Waals surface area contributed by atoms with Crippen molar-refractivity contribution in [2.75, 3.05) is 17.6 Å². The van der Waals surface area contributed by atoms with E-state index in [2.05, 4.69) is 5.32 Å². The molecule has 78 valence electrons. The molecule has 1 aromatic carbocycles. The molecule has 1 aliphatic heterocycles. The standard InChI is InChI=1S/C10H10N2O2S/c11-4-8(13)6-1-2-9-7(3-6)12-10(14)5-15-9/h1-3H,4-5,11H2,(H,12,14). The van der Waals surface area contributed by atoms with Crippen molar-refractivity contribution >= 4 is 29.1 Å². The number of nitrogens with two attached hydrogens (primary N) is 1. The Balaban J connectivity index is 2.36. The number of nitrogens with one attached hydrogen (secondary N) is 1. The average Bonchev–Trinajstić information content (AvgIpc) is 2.27. The van der Waals surface area contributed by atoms with Crippen LogP contribution in [0.1, 0.15) is 10.4 Å². The average molecular weight is 222 g/mol. The Hall–Kier alpha value is -1.33. The first-order valence-electron chi connectivity index (χ1n) is 4.50. The minimum absolute atomic E-state index is 0.0140. The second-order valence-electron chi connectivity index (χ2n) is 3.18. The molecule has 0 saturated carbocycles. The summed E-state index contributed by atoms with van der Waals surface area (Å²) in [5.41, 5.74) is 6.51. The second-order valence-corrected chi connectivity index (χ2v) is 4.19. The van der Waals surface area contributed by atoms with E-state index in [4.69, 9.17) is 5.73 Å². The molecular formula is C10H10N2O2S. The first kappa shape index (κ1) is 10.2. The van der Waals surface area contributed by atoms with E-state index in [1.807, 2.05) is 6.07 Å². The fourth-order valence-electron chi connectivity index (χ4n) is 1.37. The lowest BCUT2D eigenvalue weighted by atomic mass is 10.1. The van der Waals surface area contributed by atoms with Gasteiger partial charge in [0.15, 0.2) is 5.78 Å². The predicted molar refractivity (Wildman–Crippen MR) is 59.2 cm³/mol. The molecule has 15 heavy (non-hydrogen) atoms. The minimum atomic E-state index is -0.123. The topological polar surface area (TPSA) is 72.2 Å². The number of Topliss-reactive ketones (excluding diaryl/α,β-unsaturated/α-hetero) is 1. The van der Waals surface area contributed by atoms with Gasteiger partial charge in [0.1, 0.15) is 0 Å². The van der Waals surface area contributed by atoms with Crippen LogP contribution in [0.15, 0.2) is 23.1 Å². The molecule has 0 unspecified atom stereocenters. The van der Waals surface area contributed by atoms with Crippen LogP contribution in [0.25, 0.3) is 0 Å². The number of rotatable bonds is 2. The third kappa shape index (κ3) is 2.03. The number of carbonyl (C=O) groups is 2. The summed E-state index contributed by atoms with van der Waals surface area (Å²) in [5, 5.41) is 2.73. The molecule has 5 heteroatoms. The third-order valence-corrected chi connectivity index (χ3v) is 3.19. The van der Waals surface area contributed by atoms with Crippen LogP contribution in [0.2, 0.25) is 0 Å². The van der Waals surface area contributed by atoms with Gasteiger partial charge in [0.2, 0.25) is 5.91 Å². The number of hydrogen-bond donors (Lipinski definition) is 2. The molecule has 2 rings (SSSR count). The van der Waals surface area contributed by atoms with Gasteiger partial charge in [-0.25, -0.2) is 0 Å². The Morgan fingerprint density at radius 1 is 1.53 bits per heavy atom. The molecule has 0 saturated heterocycles. The van der Waals surface area contributed by atoms with Crippen LogP contribution in [0.3, 0.4) is 0 Å². The largest absolute Gasteiger partial charge is 0.324 e. The van der Waals surface area contributed by atoms with E-state index in [9.17, 15) is 9.59 Å². The van der Waals surface area contributed by atoms with Gasteiger partial charge < -0.3 is 11.1 Å². The highest BCUT2D eigenvalue weighted by Crippen LogP contribution is 2.31. The Morgan fingerprint density at radius 2 is 2.33 bits per heavy atom. The summed E-state index contributed by atoms with van der Waals surface area (Å²) in [5.74, 6) is 0.268. The lowest BCUT2D eigenvalue weighted by Gasteiger charge is -2.16. The Morgan fingerprint density at radius 3 is 3.07 bits per heavy atom. The summed E-state index contributed by atoms with van der Waals surface area (Å²) >= 11 is 1.47. The monoisotopic (exact) mass is 222 g/mol. The summed E-state index contributed by atoms with van der Waals surface area (Å²) in [4.78, 5) is 23.5. The first-order valence-corrected chi connectivity index (χ1v) is 5.49. The van der Waals surface area contributed by atoms with Gasteiger partial charge in [0.05, 0.1) is 18.0 Å². The first-order chi connectivity index (χ1) is 7.20. The van der Waals surface area contributed by atoms with Crippen molar-refractivity contribution in [3.63, 3.8) is 0 Å². The number of anilines is 1. The maximum absolute atomic E-state index is 11.3. The highest BCUT2D eigenvalue weighted by molar-refractivity contribution is 8.00. The van der Waals surface area contributed by atoms with Crippen molar-refractivity contribution in [2.45, 2.75) is 4.90 Å². The zero-order valence-electron chi connectivity index (χ0n) is 7.95. The predicted octanol–water partition coefficient (Wildman–Crippen LogP) is 0.872. The minimum Gasteiger partial charge on any atom is -0.324 e. The number of hydrogen-bond acceptors (Lipinski definition) is 4. The molecule has 0 radical (unpaired) electrons. The molecule has 0 atom stereocenters. The van der Waals surface area contributed by atoms with Gasteiger partial charge in [-0.3, -0.25) is 9.59 Å². The maximum Gasteiger partial charge on any atom is 0.234 e. The highest BCUT2D eigenvalue weighted by Gasteiger charge is 2.16. The van der Waals surface area contributed by atoms with Gasteiger partial charge in [-0.2, -0.15) is 0 Å². The van der Waals surface area contributed by atoms with Gasteiger partial charge in [-0.1, -0.05) is 6.07 Å². The number of ketones is 1. The van der Waals surface area contributed by atoms with Crippen molar-refractivity contribution in [2.24, 2.45) is 5.73 Å². The van der Waals surface area contributed by atoms with Gasteiger partial charge in [0.25, 0.3) is 0 Å². The molecule has 1 amide bonds. The molecule has 0 aromatic heterocycles. The molecule has 0 bridgehead atoms. The van der Waals surface area contributed by atoms with E-state index in [0.717, 1.165) is 4.90 Å². The molecule has 3 N–H and O–H groups in total. The quantitative estimate of drug-likeness (QED) is 0.728. The van der Waals surface area contributed by atoms with E-state index >= 15 is 0 Å². The Kier molecular flexibility index (Phi) is 2.75. The van der Waals surface area contributed by atoms with Gasteiger partial charge in [0, 0.05) is 10.5 Å². The van der Waals surface area contributed by atoms with Gasteiger partial charge >= 0.3 is 0 Å². The van der Waals surface area contributed by atoms with Crippen molar-refractivity contribution in [3.05, 3.63) is 23.8 Å². The zero-order chi connectivity index (χ0) is 10.8. The lowest BCUT2D eigenvalue weighted by Crippen LogP contribution is -2.20. The summed E-state index contributed by atoms with van der Waals surface area (Å²) in [6.07, 6.45) is 0. The van der Waals surface area contributed by atoms with Crippen molar-refractivity contribution in [1.29, 1.82) is 0 Å². The zero-order valence-corrected chi connectivity index (χ0v) is 8.76. The maximum atomic E-state index is 11.3. The Labute approximate surface area is 91.2 Å². The second kappa shape index (κ2) is 4.04. The van der Waals surface area contributed by atoms with Crippen LogP contribution in [0.5, 0.6) is 0 Å². The van der Waals surface area contributed by atoms with E-state index in [1.165, 1.54) is 11.8 Å². The molecule has 0 fully saturated rings. The van der Waals surface area contributed by atoms with Crippen LogP contribution in [-0.2, 0) is 4.79 Å². The smallest absolute Gasteiger partial charge is 0.234 e. The summed E-state index contributed by atoms with van der Waals surface area (Å²) in [6, 6.07) is 5.25. The third-order valence-electron chi connectivity index (χ3n) is 2.12. The molecule has 1 aliphatic rings. The van der Waals surface area contributed by atoms with E-state index in [1.54, 1.807) is 12.1 Å². The molecule has 1 aromatic rings. The summed E-state index contributed by atoms with van der Waals surface area (Å²) in [6.45, 7) is -0.0140. The van der Waals surface area contributed by atoms with E-state index < -0.39 is 0 Å². The van der Waals surface area contributed by atoms with E-state index in [0.29, 0.717) is 17.0 Å². The van der Waals surface area contributed by atoms with Gasteiger partial charge in [-0.05, 0) is 12.1 Å². The number of amides is 1. The summed E-state index contributed by atoms with van der Waals surface area (Å²) in [7, 11) is 0. The molecule has 1 heterocycles. The van der Waals surface area contributed by atoms with Crippen LogP contribution in [0, 0.1) is 0 Å². The van der Waals surface area contributed by atoms with Crippen LogP contribution in [-0.4, -0.2) is 24.0 Å². The van der Waals surface area contributed by atoms with Crippen molar-refractivity contribution in [1.82, 2.24) is 0 Å². The number of benzene rings is 1. The van der Waals surface area contributed by atoms with Crippen LogP contribution < -0.4 is 11.1 Å². The number of fused-ring (bicyclic) bond motifs is 1. The van der Waals surface area contributed by atoms with Gasteiger partial charge in [-0.15, -0.1) is 11.8 Å². The normalized spacial score (nSPS) is 14.3. The van der Waals surface area contributed by atoms with Crippen LogP contribution in [0.4, 0.5) is 5.69 Å². The highest BCUT2D eigenvalue weighted by atomic mass is 32.2. The van der Waals surface area contributed by atoms with Crippen molar-refractivity contribution in [3.8, 4) is 0 Å². The number of carbonyl (C=O) groups excluding carboxylic acids is 2. The summed E-state index contributed by atoms with van der Waals surface area (Å²) < 4.78 is 0. The Bertz CT molecular complexity index is 431. The lowest BCUT2D eigenvalue weighted by molar-refractivity contribution is -0.113. The molecule has 0 aliphatic carbocycles. The fourth-order valence-corrected chi connectivity index (χ4v) is 2.16. The SMILES string of the molecule is NCC(=O)c1ccc2c(c1)NC(=O)CS2. The van der Waals surface area contributed by atoms with E-state index in [-0.39, 0.29) is 18.2 Å². The number of thioether (sulfide) groups is 1. The van der Waals surface area contributed by atoms with Crippen LogP contribution >= 0.6 is 11.8 Å². The molecule has 0 spiro atoms. The van der Waals surface area contributed by atoms with Crippen molar-refractivity contribution < 1.29 is 9.59 Å². The molecule has 4 nitrogen and oxygen atoms in total.